The summed E-state index contributed by atoms with van der Waals surface area (Å²) in [6.07, 6.45) is 0.0564. The first-order chi connectivity index (χ1) is 26.6. The first-order valence-corrected chi connectivity index (χ1v) is 18.1. The van der Waals surface area contributed by atoms with Crippen molar-refractivity contribution < 1.29 is 38.6 Å². The second-order valence-corrected chi connectivity index (χ2v) is 14.5. The van der Waals surface area contributed by atoms with Gasteiger partial charge in [0.05, 0.1) is 6.42 Å². The normalized spacial score (nSPS) is 13.5. The van der Waals surface area contributed by atoms with Crippen LogP contribution in [0.4, 0.5) is 4.79 Å². The van der Waals surface area contributed by atoms with Crippen molar-refractivity contribution in [1.82, 2.24) is 25.8 Å². The van der Waals surface area contributed by atoms with Crippen LogP contribution < -0.4 is 21.7 Å². The van der Waals surface area contributed by atoms with Crippen LogP contribution in [0, 0.1) is 0 Å². The number of aliphatic carboxylic acids is 1. The van der Waals surface area contributed by atoms with Gasteiger partial charge >= 0.3 is 12.1 Å². The van der Waals surface area contributed by atoms with E-state index in [1.54, 1.807) is 69.4 Å². The Morgan fingerprint density at radius 1 is 0.732 bits per heavy atom. The average molecular weight is 763 g/mol. The van der Waals surface area contributed by atoms with Crippen LogP contribution in [0.5, 0.6) is 0 Å². The zero-order chi connectivity index (χ0) is 40.6. The molecule has 0 unspecified atom stereocenters. The number of hydrogen-bond acceptors (Lipinski definition) is 7. The van der Waals surface area contributed by atoms with Crippen molar-refractivity contribution in [3.05, 3.63) is 120 Å². The number of alkyl carbamates (subject to hydrolysis) is 1. The van der Waals surface area contributed by atoms with Crippen molar-refractivity contribution >= 4 is 57.4 Å². The predicted molar refractivity (Wildman–Crippen MR) is 210 cm³/mol. The number of nitrogens with one attached hydrogen (secondary N) is 4. The van der Waals surface area contributed by atoms with E-state index in [2.05, 4.69) is 20.9 Å². The number of fused-ring (bicyclic) bond motifs is 2. The third kappa shape index (κ3) is 10.3. The SMILES string of the molecule is CN(C(=O)[C@H](Cc1c[nH]c2ccccc12)NC(=O)OC(C)(C)C)[C@H](C(=O)N[C@@H](CC(=O)O)C(=O)N[C@@H](Cc1cccc2ccccc12)C(N)=O)c1ccccc1. The first-order valence-electron chi connectivity index (χ1n) is 18.1. The lowest BCUT2D eigenvalue weighted by molar-refractivity contribution is -0.144. The fraction of sp³-hybridized carbons (Fsp3) is 0.286. The number of carboxylic acids is 1. The summed E-state index contributed by atoms with van der Waals surface area (Å²) in [6, 6.07) is 23.1. The third-order valence-electron chi connectivity index (χ3n) is 9.16. The topological polar surface area (TPSA) is 213 Å². The predicted octanol–water partition coefficient (Wildman–Crippen LogP) is 4.13. The van der Waals surface area contributed by atoms with Crippen LogP contribution in [-0.2, 0) is 41.6 Å². The van der Waals surface area contributed by atoms with Gasteiger partial charge in [-0.05, 0) is 54.3 Å². The Kier molecular flexibility index (Phi) is 12.7. The molecule has 0 fully saturated rings. The highest BCUT2D eigenvalue weighted by Crippen LogP contribution is 2.25. The van der Waals surface area contributed by atoms with Gasteiger partial charge in [0.15, 0.2) is 0 Å². The van der Waals surface area contributed by atoms with Crippen LogP contribution in [0.2, 0.25) is 0 Å². The fourth-order valence-electron chi connectivity index (χ4n) is 6.55. The van der Waals surface area contributed by atoms with Gasteiger partial charge < -0.3 is 41.4 Å². The van der Waals surface area contributed by atoms with Gasteiger partial charge in [-0.25, -0.2) is 4.79 Å². The van der Waals surface area contributed by atoms with E-state index >= 15 is 0 Å². The van der Waals surface area contributed by atoms with Crippen molar-refractivity contribution in [3.63, 3.8) is 0 Å². The Balaban J connectivity index is 1.42. The summed E-state index contributed by atoms with van der Waals surface area (Å²) < 4.78 is 5.48. The zero-order valence-electron chi connectivity index (χ0n) is 31.6. The van der Waals surface area contributed by atoms with Crippen molar-refractivity contribution in [3.8, 4) is 0 Å². The number of H-pyrrole nitrogens is 1. The molecule has 5 aromatic rings. The number of likely N-dealkylation sites (N-methyl/N-ethyl adjacent to an activating group) is 1. The largest absolute Gasteiger partial charge is 0.481 e. The van der Waals surface area contributed by atoms with Crippen LogP contribution >= 0.6 is 0 Å². The maximum absolute atomic E-state index is 14.5. The minimum atomic E-state index is -1.68. The summed E-state index contributed by atoms with van der Waals surface area (Å²) in [5.74, 6) is -4.79. The number of aromatic nitrogens is 1. The van der Waals surface area contributed by atoms with Gasteiger partial charge in [0.2, 0.25) is 23.6 Å². The molecule has 0 aliphatic heterocycles. The maximum Gasteiger partial charge on any atom is 0.408 e. The molecule has 0 aliphatic rings. The monoisotopic (exact) mass is 762 g/mol. The van der Waals surface area contributed by atoms with Crippen molar-refractivity contribution in [2.45, 2.75) is 69.8 Å². The molecule has 1 aromatic heterocycles. The van der Waals surface area contributed by atoms with Crippen molar-refractivity contribution in [1.29, 1.82) is 0 Å². The lowest BCUT2D eigenvalue weighted by Gasteiger charge is -2.32. The number of primary amides is 1. The minimum Gasteiger partial charge on any atom is -0.481 e. The van der Waals surface area contributed by atoms with E-state index in [4.69, 9.17) is 10.5 Å². The first kappa shape index (κ1) is 40.5. The van der Waals surface area contributed by atoms with E-state index in [0.29, 0.717) is 5.56 Å². The number of hydrogen-bond donors (Lipinski definition) is 6. The summed E-state index contributed by atoms with van der Waals surface area (Å²) in [4.78, 5) is 84.5. The Morgan fingerprint density at radius 2 is 1.34 bits per heavy atom. The number of amides is 5. The molecule has 0 bridgehead atoms. The van der Waals surface area contributed by atoms with Crippen LogP contribution in [0.15, 0.2) is 103 Å². The number of para-hydroxylation sites is 1. The van der Waals surface area contributed by atoms with Crippen LogP contribution in [0.3, 0.4) is 0 Å². The molecule has 0 saturated heterocycles. The molecule has 56 heavy (non-hydrogen) atoms. The molecule has 5 rings (SSSR count). The smallest absolute Gasteiger partial charge is 0.408 e. The molecule has 4 aromatic carbocycles. The molecule has 14 heteroatoms. The molecule has 14 nitrogen and oxygen atoms in total. The molecule has 7 N–H and O–H groups in total. The zero-order valence-corrected chi connectivity index (χ0v) is 31.6. The Morgan fingerprint density at radius 3 is 2.02 bits per heavy atom. The summed E-state index contributed by atoms with van der Waals surface area (Å²) >= 11 is 0. The molecule has 292 valence electrons. The van der Waals surface area contributed by atoms with Gasteiger partial charge in [-0.2, -0.15) is 0 Å². The molecule has 4 atom stereocenters. The van der Waals surface area contributed by atoms with Crippen LogP contribution in [0.1, 0.15) is 49.9 Å². The fourth-order valence-corrected chi connectivity index (χ4v) is 6.55. The van der Waals surface area contributed by atoms with E-state index < -0.39 is 71.9 Å². The summed E-state index contributed by atoms with van der Waals surface area (Å²) in [5, 5.41) is 20.1. The highest BCUT2D eigenvalue weighted by Gasteiger charge is 2.37. The number of carbonyl (C=O) groups is 6. The number of nitrogens with two attached hydrogens (primary N) is 1. The van der Waals surface area contributed by atoms with Crippen LogP contribution in [-0.4, -0.2) is 81.5 Å². The van der Waals surface area contributed by atoms with E-state index in [0.717, 1.165) is 37.7 Å². The highest BCUT2D eigenvalue weighted by molar-refractivity contribution is 5.97. The van der Waals surface area contributed by atoms with Crippen LogP contribution in [0.25, 0.3) is 21.7 Å². The number of nitrogens with zero attached hydrogens (tertiary/aromatic N) is 1. The van der Waals surface area contributed by atoms with Gasteiger partial charge in [-0.15, -0.1) is 0 Å². The highest BCUT2D eigenvalue weighted by atomic mass is 16.6. The van der Waals surface area contributed by atoms with E-state index in [1.165, 1.54) is 7.05 Å². The van der Waals surface area contributed by atoms with Gasteiger partial charge in [-0.1, -0.05) is 91.0 Å². The lowest BCUT2D eigenvalue weighted by Crippen LogP contribution is -2.57. The van der Waals surface area contributed by atoms with Gasteiger partial charge in [-0.3, -0.25) is 24.0 Å². The number of rotatable bonds is 15. The summed E-state index contributed by atoms with van der Waals surface area (Å²) in [7, 11) is 1.37. The van der Waals surface area contributed by atoms with Gasteiger partial charge in [0.1, 0.15) is 29.8 Å². The minimum absolute atomic E-state index is 0.00249. The molecular weight excluding hydrogens is 716 g/mol. The standard InChI is InChI=1S/C42H46N6O8/c1-42(2,3)56-41(55)47-34(22-28-24-44-31-20-11-10-19-30(28)31)40(54)48(4)36(26-14-6-5-7-15-26)39(53)46-33(23-35(49)50)38(52)45-32(37(43)51)21-27-17-12-16-25-13-8-9-18-29(25)27/h5-20,24,32-34,36,44H,21-23H2,1-4H3,(H2,43,51)(H,45,52)(H,46,53)(H,47,55)(H,49,50)/t32-,33-,34-,36-/m0/s1. The summed E-state index contributed by atoms with van der Waals surface area (Å²) in [6.45, 7) is 5.05. The Hall–Kier alpha value is -6.70. The van der Waals surface area contributed by atoms with E-state index in [-0.39, 0.29) is 12.8 Å². The van der Waals surface area contributed by atoms with E-state index in [9.17, 15) is 33.9 Å². The molecular formula is C42H46N6O8. The Labute approximate surface area is 323 Å². The summed E-state index contributed by atoms with van der Waals surface area (Å²) in [5.41, 5.74) is 7.43. The number of benzene rings is 4. The number of ether oxygens (including phenoxy) is 1. The number of aromatic amines is 1. The van der Waals surface area contributed by atoms with Gasteiger partial charge in [0.25, 0.3) is 0 Å². The molecule has 0 radical (unpaired) electrons. The van der Waals surface area contributed by atoms with Crippen molar-refractivity contribution in [2.75, 3.05) is 7.05 Å². The molecule has 0 saturated carbocycles. The van der Waals surface area contributed by atoms with Crippen molar-refractivity contribution in [2.24, 2.45) is 5.73 Å². The molecule has 1 heterocycles. The second kappa shape index (κ2) is 17.6. The second-order valence-electron chi connectivity index (χ2n) is 14.5. The molecule has 5 amide bonds. The number of carboxylic acid groups (broad SMARTS) is 1. The third-order valence-corrected chi connectivity index (χ3v) is 9.16. The van der Waals surface area contributed by atoms with E-state index in [1.807, 2.05) is 54.6 Å². The quantitative estimate of drug-likeness (QED) is 0.0911. The van der Waals surface area contributed by atoms with Gasteiger partial charge in [0, 0.05) is 37.0 Å². The lowest BCUT2D eigenvalue weighted by atomic mass is 9.98. The number of carbonyl (C=O) groups excluding carboxylic acids is 5. The average Bonchev–Trinajstić information content (AvgIpc) is 3.55. The molecule has 0 aliphatic carbocycles. The molecule has 0 spiro atoms. The Bertz CT molecular complexity index is 2230. The maximum atomic E-state index is 14.5.